The monoisotopic (exact) mass is 402 g/mol. The van der Waals surface area contributed by atoms with Crippen molar-refractivity contribution in [3.63, 3.8) is 0 Å². The standard InChI is InChI=1S/C15H12ClFN2O6S/c1-9(15(20)21)18(10-6-7-12(17)11(16)8-10)26(24,25)14-5-3-2-4-13(14)19(22)23/h2-9H,1H3,(H,20,21). The lowest BCUT2D eigenvalue weighted by molar-refractivity contribution is -0.387. The third-order valence-corrected chi connectivity index (χ3v) is 5.70. The van der Waals surface area contributed by atoms with Crippen LogP contribution in [0.15, 0.2) is 47.4 Å². The number of nitrogens with zero attached hydrogens (tertiary/aromatic N) is 2. The number of rotatable bonds is 6. The van der Waals surface area contributed by atoms with E-state index in [1.807, 2.05) is 0 Å². The van der Waals surface area contributed by atoms with Gasteiger partial charge in [0.25, 0.3) is 15.7 Å². The van der Waals surface area contributed by atoms with Crippen molar-refractivity contribution in [1.29, 1.82) is 0 Å². The summed E-state index contributed by atoms with van der Waals surface area (Å²) in [7, 11) is -4.67. The lowest BCUT2D eigenvalue weighted by Crippen LogP contribution is -2.43. The van der Waals surface area contributed by atoms with Gasteiger partial charge in [-0.1, -0.05) is 23.7 Å². The molecule has 0 spiro atoms. The van der Waals surface area contributed by atoms with E-state index in [1.54, 1.807) is 0 Å². The molecule has 0 fully saturated rings. The number of hydrogen-bond donors (Lipinski definition) is 1. The van der Waals surface area contributed by atoms with Crippen LogP contribution in [0.4, 0.5) is 15.8 Å². The summed E-state index contributed by atoms with van der Waals surface area (Å²) in [6.07, 6.45) is 0. The number of nitro groups is 1. The minimum atomic E-state index is -4.67. The molecule has 2 aromatic rings. The van der Waals surface area contributed by atoms with Crippen molar-refractivity contribution < 1.29 is 27.6 Å². The smallest absolute Gasteiger partial charge is 0.327 e. The SMILES string of the molecule is CC(C(=O)O)N(c1ccc(F)c(Cl)c1)S(=O)(=O)c1ccccc1[N+](=O)[O-]. The van der Waals surface area contributed by atoms with Gasteiger partial charge in [0, 0.05) is 6.07 Å². The Morgan fingerprint density at radius 3 is 2.46 bits per heavy atom. The van der Waals surface area contributed by atoms with Gasteiger partial charge >= 0.3 is 5.97 Å². The second-order valence-electron chi connectivity index (χ2n) is 5.14. The molecule has 0 saturated heterocycles. The number of carboxylic acid groups (broad SMARTS) is 1. The maximum Gasteiger partial charge on any atom is 0.327 e. The first-order valence-corrected chi connectivity index (χ1v) is 8.85. The highest BCUT2D eigenvalue weighted by molar-refractivity contribution is 7.93. The highest BCUT2D eigenvalue weighted by atomic mass is 35.5. The number of benzene rings is 2. The van der Waals surface area contributed by atoms with Crippen LogP contribution in [-0.2, 0) is 14.8 Å². The van der Waals surface area contributed by atoms with E-state index >= 15 is 0 Å². The molecule has 0 aliphatic rings. The summed E-state index contributed by atoms with van der Waals surface area (Å²) in [5.74, 6) is -2.34. The van der Waals surface area contributed by atoms with E-state index in [0.717, 1.165) is 37.3 Å². The molecule has 2 rings (SSSR count). The Kier molecular flexibility index (Phi) is 5.47. The Labute approximate surface area is 152 Å². The van der Waals surface area contributed by atoms with Gasteiger partial charge < -0.3 is 5.11 Å². The van der Waals surface area contributed by atoms with Gasteiger partial charge in [-0.05, 0) is 31.2 Å². The Balaban J connectivity index is 2.75. The van der Waals surface area contributed by atoms with Crippen LogP contribution in [0.3, 0.4) is 0 Å². The molecule has 1 unspecified atom stereocenters. The molecule has 1 N–H and O–H groups in total. The first-order chi connectivity index (χ1) is 12.1. The van der Waals surface area contributed by atoms with E-state index in [-0.39, 0.29) is 5.69 Å². The molecule has 0 amide bonds. The quantitative estimate of drug-likeness (QED) is 0.586. The molecular weight excluding hydrogens is 391 g/mol. The number of para-hydroxylation sites is 1. The van der Waals surface area contributed by atoms with Crippen molar-refractivity contribution in [1.82, 2.24) is 0 Å². The normalized spacial score (nSPS) is 12.4. The van der Waals surface area contributed by atoms with Gasteiger partial charge in [0.05, 0.1) is 15.6 Å². The largest absolute Gasteiger partial charge is 0.480 e. The molecule has 0 saturated carbocycles. The Morgan fingerprint density at radius 1 is 1.31 bits per heavy atom. The van der Waals surface area contributed by atoms with Gasteiger partial charge in [0.1, 0.15) is 11.9 Å². The van der Waals surface area contributed by atoms with Crippen molar-refractivity contribution in [3.05, 3.63) is 63.4 Å². The maximum absolute atomic E-state index is 13.4. The summed E-state index contributed by atoms with van der Waals surface area (Å²) in [5, 5.41) is 20.0. The fourth-order valence-corrected chi connectivity index (χ4v) is 4.17. The highest BCUT2D eigenvalue weighted by Gasteiger charge is 2.37. The number of nitro benzene ring substituents is 1. The molecular formula is C15H12ClFN2O6S. The summed E-state index contributed by atoms with van der Waals surface area (Å²) in [6, 6.07) is 5.69. The van der Waals surface area contributed by atoms with E-state index in [1.165, 1.54) is 12.1 Å². The molecule has 8 nitrogen and oxygen atoms in total. The average Bonchev–Trinajstić information content (AvgIpc) is 2.57. The molecule has 0 aromatic heterocycles. The first kappa shape index (κ1) is 19.6. The third-order valence-electron chi connectivity index (χ3n) is 3.47. The van der Waals surface area contributed by atoms with E-state index < -0.39 is 48.4 Å². The number of halogens is 2. The van der Waals surface area contributed by atoms with Crippen LogP contribution in [0.2, 0.25) is 5.02 Å². The van der Waals surface area contributed by atoms with Crippen LogP contribution in [-0.4, -0.2) is 30.5 Å². The molecule has 26 heavy (non-hydrogen) atoms. The zero-order chi connectivity index (χ0) is 19.6. The molecule has 0 bridgehead atoms. The zero-order valence-electron chi connectivity index (χ0n) is 13.2. The Morgan fingerprint density at radius 2 is 1.92 bits per heavy atom. The topological polar surface area (TPSA) is 118 Å². The number of aliphatic carboxylic acids is 1. The van der Waals surface area contributed by atoms with Gasteiger partial charge in [-0.2, -0.15) is 0 Å². The molecule has 11 heteroatoms. The van der Waals surface area contributed by atoms with Crippen LogP contribution >= 0.6 is 11.6 Å². The van der Waals surface area contributed by atoms with Crippen molar-refractivity contribution in [2.75, 3.05) is 4.31 Å². The maximum atomic E-state index is 13.4. The van der Waals surface area contributed by atoms with E-state index in [0.29, 0.717) is 4.31 Å². The summed E-state index contributed by atoms with van der Waals surface area (Å²) in [5.41, 5.74) is -0.965. The molecule has 0 aliphatic carbocycles. The van der Waals surface area contributed by atoms with Gasteiger partial charge in [-0.25, -0.2) is 17.6 Å². The molecule has 138 valence electrons. The fourth-order valence-electron chi connectivity index (χ4n) is 2.23. The number of sulfonamides is 1. The predicted octanol–water partition coefficient (Wildman–Crippen LogP) is 3.06. The predicted molar refractivity (Wildman–Crippen MR) is 91.3 cm³/mol. The fraction of sp³-hybridized carbons (Fsp3) is 0.133. The van der Waals surface area contributed by atoms with E-state index in [2.05, 4.69) is 0 Å². The lowest BCUT2D eigenvalue weighted by atomic mass is 10.2. The van der Waals surface area contributed by atoms with Crippen molar-refractivity contribution >= 4 is 39.0 Å². The van der Waals surface area contributed by atoms with Crippen LogP contribution < -0.4 is 4.31 Å². The van der Waals surface area contributed by atoms with Crippen LogP contribution in [0.1, 0.15) is 6.92 Å². The van der Waals surface area contributed by atoms with Crippen molar-refractivity contribution in [2.45, 2.75) is 17.9 Å². The molecule has 0 radical (unpaired) electrons. The van der Waals surface area contributed by atoms with Crippen molar-refractivity contribution in [3.8, 4) is 0 Å². The van der Waals surface area contributed by atoms with Crippen LogP contribution in [0.25, 0.3) is 0 Å². The molecule has 0 heterocycles. The summed E-state index contributed by atoms with van der Waals surface area (Å²) in [6.45, 7) is 1.08. The second kappa shape index (κ2) is 7.26. The van der Waals surface area contributed by atoms with Crippen LogP contribution in [0.5, 0.6) is 0 Å². The molecule has 2 aromatic carbocycles. The van der Waals surface area contributed by atoms with Crippen molar-refractivity contribution in [2.24, 2.45) is 0 Å². The van der Waals surface area contributed by atoms with Gasteiger partial charge in [-0.3, -0.25) is 14.4 Å². The average molecular weight is 403 g/mol. The number of carboxylic acids is 1. The first-order valence-electron chi connectivity index (χ1n) is 7.03. The molecule has 0 aliphatic heterocycles. The van der Waals surface area contributed by atoms with E-state index in [4.69, 9.17) is 11.6 Å². The summed E-state index contributed by atoms with van der Waals surface area (Å²) >= 11 is 5.67. The van der Waals surface area contributed by atoms with Gasteiger partial charge in [-0.15, -0.1) is 0 Å². The van der Waals surface area contributed by atoms with Gasteiger partial charge in [0.15, 0.2) is 4.90 Å². The Bertz CT molecular complexity index is 982. The lowest BCUT2D eigenvalue weighted by Gasteiger charge is -2.28. The minimum absolute atomic E-state index is 0.246. The minimum Gasteiger partial charge on any atom is -0.480 e. The highest BCUT2D eigenvalue weighted by Crippen LogP contribution is 2.33. The number of hydrogen-bond acceptors (Lipinski definition) is 5. The zero-order valence-corrected chi connectivity index (χ0v) is 14.7. The van der Waals surface area contributed by atoms with E-state index in [9.17, 15) is 32.8 Å². The number of carbonyl (C=O) groups is 1. The van der Waals surface area contributed by atoms with Gasteiger partial charge in [0.2, 0.25) is 0 Å². The molecule has 1 atom stereocenters. The summed E-state index contributed by atoms with van der Waals surface area (Å²) < 4.78 is 39.9. The summed E-state index contributed by atoms with van der Waals surface area (Å²) in [4.78, 5) is 21.0. The second-order valence-corrected chi connectivity index (χ2v) is 7.33. The van der Waals surface area contributed by atoms with Crippen LogP contribution in [0, 0.1) is 15.9 Å². The Hall–Kier alpha value is -2.72. The number of anilines is 1. The third kappa shape index (κ3) is 3.60.